The highest BCUT2D eigenvalue weighted by molar-refractivity contribution is 9.10. The SMILES string of the molecule is Cc1ccc(NCc2ccc(Br)c(F)c2)cc1N(C)C. The van der Waals surface area contributed by atoms with Crippen LogP contribution in [0.25, 0.3) is 0 Å². The Morgan fingerprint density at radius 1 is 1.15 bits per heavy atom. The molecule has 0 aromatic heterocycles. The summed E-state index contributed by atoms with van der Waals surface area (Å²) in [6, 6.07) is 11.4. The van der Waals surface area contributed by atoms with Crippen molar-refractivity contribution in [2.75, 3.05) is 24.3 Å². The smallest absolute Gasteiger partial charge is 0.137 e. The molecular weight excluding hydrogens is 319 g/mol. The molecule has 0 saturated carbocycles. The van der Waals surface area contributed by atoms with Crippen LogP contribution in [0.4, 0.5) is 15.8 Å². The molecule has 2 nitrogen and oxygen atoms in total. The molecule has 0 spiro atoms. The highest BCUT2D eigenvalue weighted by atomic mass is 79.9. The van der Waals surface area contributed by atoms with Crippen LogP contribution in [0.3, 0.4) is 0 Å². The Labute approximate surface area is 127 Å². The molecule has 0 bridgehead atoms. The predicted octanol–water partition coefficient (Wildman–Crippen LogP) is 4.57. The van der Waals surface area contributed by atoms with Crippen LogP contribution in [-0.2, 0) is 6.54 Å². The van der Waals surface area contributed by atoms with Crippen molar-refractivity contribution in [2.24, 2.45) is 0 Å². The van der Waals surface area contributed by atoms with Crippen LogP contribution in [0.1, 0.15) is 11.1 Å². The zero-order chi connectivity index (χ0) is 14.7. The van der Waals surface area contributed by atoms with Crippen molar-refractivity contribution in [3.05, 3.63) is 57.8 Å². The molecule has 2 aromatic rings. The normalized spacial score (nSPS) is 10.4. The van der Waals surface area contributed by atoms with E-state index in [1.807, 2.05) is 26.2 Å². The van der Waals surface area contributed by atoms with E-state index in [0.717, 1.165) is 11.3 Å². The standard InChI is InChI=1S/C16H18BrFN2/c1-11-4-6-13(9-16(11)20(2)3)19-10-12-5-7-14(17)15(18)8-12/h4-9,19H,10H2,1-3H3. The molecule has 20 heavy (non-hydrogen) atoms. The van der Waals surface area contributed by atoms with Crippen molar-refractivity contribution in [3.63, 3.8) is 0 Å². The summed E-state index contributed by atoms with van der Waals surface area (Å²) in [6.07, 6.45) is 0. The largest absolute Gasteiger partial charge is 0.381 e. The third-order valence-corrected chi connectivity index (χ3v) is 3.81. The molecule has 0 atom stereocenters. The Bertz CT molecular complexity index is 611. The summed E-state index contributed by atoms with van der Waals surface area (Å²) < 4.78 is 13.9. The lowest BCUT2D eigenvalue weighted by atomic mass is 10.1. The van der Waals surface area contributed by atoms with Crippen LogP contribution in [0.5, 0.6) is 0 Å². The molecule has 0 fully saturated rings. The number of rotatable bonds is 4. The molecule has 106 valence electrons. The van der Waals surface area contributed by atoms with Crippen LogP contribution in [0.15, 0.2) is 40.9 Å². The van der Waals surface area contributed by atoms with Crippen LogP contribution >= 0.6 is 15.9 Å². The van der Waals surface area contributed by atoms with Crippen LogP contribution < -0.4 is 10.2 Å². The second kappa shape index (κ2) is 6.27. The molecule has 4 heteroatoms. The van der Waals surface area contributed by atoms with E-state index < -0.39 is 0 Å². The first kappa shape index (κ1) is 14.9. The number of anilines is 2. The van der Waals surface area contributed by atoms with Gasteiger partial charge in [0.05, 0.1) is 4.47 Å². The number of nitrogens with zero attached hydrogens (tertiary/aromatic N) is 1. The molecule has 0 unspecified atom stereocenters. The highest BCUT2D eigenvalue weighted by Gasteiger charge is 2.04. The van der Waals surface area contributed by atoms with Gasteiger partial charge in [0.2, 0.25) is 0 Å². The monoisotopic (exact) mass is 336 g/mol. The van der Waals surface area contributed by atoms with Crippen molar-refractivity contribution in [1.29, 1.82) is 0 Å². The maximum atomic E-state index is 13.4. The minimum absolute atomic E-state index is 0.234. The molecule has 0 radical (unpaired) electrons. The minimum atomic E-state index is -0.234. The van der Waals surface area contributed by atoms with E-state index in [9.17, 15) is 4.39 Å². The topological polar surface area (TPSA) is 15.3 Å². The summed E-state index contributed by atoms with van der Waals surface area (Å²) in [5, 5.41) is 3.32. The predicted molar refractivity (Wildman–Crippen MR) is 86.9 cm³/mol. The van der Waals surface area contributed by atoms with Crippen molar-refractivity contribution in [3.8, 4) is 0 Å². The first-order valence-electron chi connectivity index (χ1n) is 6.43. The number of hydrogen-bond acceptors (Lipinski definition) is 2. The Kier molecular flexibility index (Phi) is 4.65. The molecule has 0 heterocycles. The van der Waals surface area contributed by atoms with E-state index in [2.05, 4.69) is 45.2 Å². The first-order chi connectivity index (χ1) is 9.47. The van der Waals surface area contributed by atoms with E-state index in [0.29, 0.717) is 11.0 Å². The second-order valence-electron chi connectivity index (χ2n) is 5.00. The van der Waals surface area contributed by atoms with Gasteiger partial charge in [-0.2, -0.15) is 0 Å². The van der Waals surface area contributed by atoms with Gasteiger partial charge < -0.3 is 10.2 Å². The fraction of sp³-hybridized carbons (Fsp3) is 0.250. The van der Waals surface area contributed by atoms with Crippen molar-refractivity contribution in [1.82, 2.24) is 0 Å². The van der Waals surface area contributed by atoms with Gasteiger partial charge >= 0.3 is 0 Å². The number of nitrogens with one attached hydrogen (secondary N) is 1. The fourth-order valence-corrected chi connectivity index (χ4v) is 2.30. The third-order valence-electron chi connectivity index (χ3n) is 3.17. The van der Waals surface area contributed by atoms with Gasteiger partial charge in [-0.3, -0.25) is 0 Å². The summed E-state index contributed by atoms with van der Waals surface area (Å²) >= 11 is 3.16. The van der Waals surface area contributed by atoms with E-state index in [1.165, 1.54) is 17.3 Å². The third kappa shape index (κ3) is 3.51. The molecule has 1 N–H and O–H groups in total. The molecule has 2 rings (SSSR count). The fourth-order valence-electron chi connectivity index (χ4n) is 2.05. The quantitative estimate of drug-likeness (QED) is 0.879. The lowest BCUT2D eigenvalue weighted by molar-refractivity contribution is 0.619. The molecule has 0 aliphatic rings. The average molecular weight is 337 g/mol. The van der Waals surface area contributed by atoms with Crippen molar-refractivity contribution < 1.29 is 4.39 Å². The minimum Gasteiger partial charge on any atom is -0.381 e. The molecular formula is C16H18BrFN2. The summed E-state index contributed by atoms with van der Waals surface area (Å²) in [7, 11) is 4.05. The van der Waals surface area contributed by atoms with Crippen molar-refractivity contribution in [2.45, 2.75) is 13.5 Å². The highest BCUT2D eigenvalue weighted by Crippen LogP contribution is 2.23. The molecule has 0 amide bonds. The summed E-state index contributed by atoms with van der Waals surface area (Å²) in [4.78, 5) is 2.08. The number of aryl methyl sites for hydroxylation is 1. The Balaban J connectivity index is 2.10. The van der Waals surface area contributed by atoms with Crippen LogP contribution in [0, 0.1) is 12.7 Å². The van der Waals surface area contributed by atoms with Gasteiger partial charge in [-0.05, 0) is 58.2 Å². The van der Waals surface area contributed by atoms with E-state index in [1.54, 1.807) is 6.07 Å². The first-order valence-corrected chi connectivity index (χ1v) is 7.22. The van der Waals surface area contributed by atoms with Gasteiger partial charge in [-0.25, -0.2) is 4.39 Å². The van der Waals surface area contributed by atoms with Gasteiger partial charge in [-0.15, -0.1) is 0 Å². The average Bonchev–Trinajstić information content (AvgIpc) is 2.41. The summed E-state index contributed by atoms with van der Waals surface area (Å²) in [6.45, 7) is 2.68. The summed E-state index contributed by atoms with van der Waals surface area (Å²) in [5.74, 6) is -0.234. The number of benzene rings is 2. The van der Waals surface area contributed by atoms with E-state index in [4.69, 9.17) is 0 Å². The van der Waals surface area contributed by atoms with Crippen LogP contribution in [0.2, 0.25) is 0 Å². The molecule has 0 aliphatic heterocycles. The maximum Gasteiger partial charge on any atom is 0.137 e. The number of halogens is 2. The summed E-state index contributed by atoms with van der Waals surface area (Å²) in [5.41, 5.74) is 4.35. The zero-order valence-corrected chi connectivity index (χ0v) is 13.5. The second-order valence-corrected chi connectivity index (χ2v) is 5.85. The number of hydrogen-bond donors (Lipinski definition) is 1. The Morgan fingerprint density at radius 3 is 2.55 bits per heavy atom. The van der Waals surface area contributed by atoms with Gasteiger partial charge in [0.15, 0.2) is 0 Å². The van der Waals surface area contributed by atoms with Crippen LogP contribution in [-0.4, -0.2) is 14.1 Å². The van der Waals surface area contributed by atoms with Gasteiger partial charge in [0.1, 0.15) is 5.82 Å². The van der Waals surface area contributed by atoms with E-state index >= 15 is 0 Å². The molecule has 0 saturated heterocycles. The molecule has 0 aliphatic carbocycles. The van der Waals surface area contributed by atoms with Gasteiger partial charge in [0, 0.05) is 32.0 Å². The maximum absolute atomic E-state index is 13.4. The van der Waals surface area contributed by atoms with Gasteiger partial charge in [-0.1, -0.05) is 12.1 Å². The Morgan fingerprint density at radius 2 is 1.90 bits per heavy atom. The lowest BCUT2D eigenvalue weighted by Gasteiger charge is -2.17. The van der Waals surface area contributed by atoms with E-state index in [-0.39, 0.29) is 5.82 Å². The lowest BCUT2D eigenvalue weighted by Crippen LogP contribution is -2.11. The van der Waals surface area contributed by atoms with Crippen molar-refractivity contribution >= 4 is 27.3 Å². The zero-order valence-electron chi connectivity index (χ0n) is 11.9. The Hall–Kier alpha value is -1.55. The molecule has 2 aromatic carbocycles. The van der Waals surface area contributed by atoms with Gasteiger partial charge in [0.25, 0.3) is 0 Å².